The molecular formula is C13H17BrN2O. The maximum Gasteiger partial charge on any atom is 0.142 e. The first-order valence-corrected chi connectivity index (χ1v) is 6.34. The van der Waals surface area contributed by atoms with Gasteiger partial charge in [-0.3, -0.25) is 0 Å². The van der Waals surface area contributed by atoms with Crippen LogP contribution in [-0.4, -0.2) is 13.7 Å². The van der Waals surface area contributed by atoms with E-state index in [1.165, 1.54) is 0 Å². The Balaban J connectivity index is 2.74. The topological polar surface area (TPSA) is 45.0 Å². The lowest BCUT2D eigenvalue weighted by molar-refractivity contribution is 0.415. The summed E-state index contributed by atoms with van der Waals surface area (Å²) in [5.74, 6) is 1.12. The molecule has 0 aliphatic rings. The highest BCUT2D eigenvalue weighted by molar-refractivity contribution is 9.10. The number of nitrogens with zero attached hydrogens (tertiary/aromatic N) is 1. The summed E-state index contributed by atoms with van der Waals surface area (Å²) in [6, 6.07) is 8.08. The standard InChI is InChI=1S/C13H17BrN2O/c1-9(2)10(7-15)8-16-12-6-11(14)4-5-13(12)17-3/h4-6,9-10,16H,8H2,1-3H3. The van der Waals surface area contributed by atoms with E-state index in [0.29, 0.717) is 12.5 Å². The molecule has 0 aliphatic heterocycles. The van der Waals surface area contributed by atoms with Gasteiger partial charge in [0.15, 0.2) is 0 Å². The second kappa shape index (κ2) is 6.51. The fraction of sp³-hybridized carbons (Fsp3) is 0.462. The fourth-order valence-electron chi connectivity index (χ4n) is 1.47. The van der Waals surface area contributed by atoms with Gasteiger partial charge in [0.1, 0.15) is 5.75 Å². The van der Waals surface area contributed by atoms with Crippen LogP contribution in [0.3, 0.4) is 0 Å². The number of anilines is 1. The van der Waals surface area contributed by atoms with E-state index in [2.05, 4.69) is 27.3 Å². The molecule has 17 heavy (non-hydrogen) atoms. The molecular weight excluding hydrogens is 280 g/mol. The second-order valence-corrected chi connectivity index (χ2v) is 5.12. The summed E-state index contributed by atoms with van der Waals surface area (Å²) in [5, 5.41) is 12.3. The second-order valence-electron chi connectivity index (χ2n) is 4.21. The van der Waals surface area contributed by atoms with Crippen LogP contribution in [0.25, 0.3) is 0 Å². The minimum Gasteiger partial charge on any atom is -0.495 e. The summed E-state index contributed by atoms with van der Waals surface area (Å²) >= 11 is 3.42. The number of ether oxygens (including phenoxy) is 1. The fourth-order valence-corrected chi connectivity index (χ4v) is 1.83. The molecule has 0 saturated carbocycles. The molecule has 1 aromatic rings. The Morgan fingerprint density at radius 3 is 2.71 bits per heavy atom. The van der Waals surface area contributed by atoms with Crippen LogP contribution in [0.15, 0.2) is 22.7 Å². The van der Waals surface area contributed by atoms with Crippen LogP contribution in [-0.2, 0) is 0 Å². The van der Waals surface area contributed by atoms with E-state index < -0.39 is 0 Å². The van der Waals surface area contributed by atoms with Gasteiger partial charge in [0.05, 0.1) is 24.8 Å². The Morgan fingerprint density at radius 2 is 2.18 bits per heavy atom. The quantitative estimate of drug-likeness (QED) is 0.902. The van der Waals surface area contributed by atoms with Crippen molar-refractivity contribution in [1.82, 2.24) is 0 Å². The number of nitrogens with one attached hydrogen (secondary N) is 1. The van der Waals surface area contributed by atoms with Crippen molar-refractivity contribution in [3.63, 3.8) is 0 Å². The normalized spacial score (nSPS) is 12.0. The molecule has 0 fully saturated rings. The van der Waals surface area contributed by atoms with Crippen LogP contribution in [0.5, 0.6) is 5.75 Å². The van der Waals surface area contributed by atoms with Crippen molar-refractivity contribution < 1.29 is 4.74 Å². The van der Waals surface area contributed by atoms with E-state index >= 15 is 0 Å². The van der Waals surface area contributed by atoms with Crippen molar-refractivity contribution in [3.8, 4) is 11.8 Å². The van der Waals surface area contributed by atoms with Gasteiger partial charge in [0, 0.05) is 11.0 Å². The smallest absolute Gasteiger partial charge is 0.142 e. The van der Waals surface area contributed by atoms with E-state index in [9.17, 15) is 0 Å². The number of methoxy groups -OCH3 is 1. The Bertz CT molecular complexity index is 412. The van der Waals surface area contributed by atoms with Gasteiger partial charge in [-0.25, -0.2) is 0 Å². The number of nitriles is 1. The lowest BCUT2D eigenvalue weighted by Gasteiger charge is -2.16. The highest BCUT2D eigenvalue weighted by Crippen LogP contribution is 2.28. The highest BCUT2D eigenvalue weighted by atomic mass is 79.9. The van der Waals surface area contributed by atoms with Gasteiger partial charge in [-0.05, 0) is 24.1 Å². The van der Waals surface area contributed by atoms with Crippen LogP contribution in [0.1, 0.15) is 13.8 Å². The first-order valence-electron chi connectivity index (χ1n) is 5.55. The van der Waals surface area contributed by atoms with Crippen molar-refractivity contribution in [1.29, 1.82) is 5.26 Å². The molecule has 1 N–H and O–H groups in total. The van der Waals surface area contributed by atoms with Gasteiger partial charge in [-0.1, -0.05) is 29.8 Å². The van der Waals surface area contributed by atoms with E-state index in [1.807, 2.05) is 32.0 Å². The predicted octanol–water partition coefficient (Wildman–Crippen LogP) is 3.67. The average molecular weight is 297 g/mol. The summed E-state index contributed by atoms with van der Waals surface area (Å²) in [6.07, 6.45) is 0. The zero-order chi connectivity index (χ0) is 12.8. The van der Waals surface area contributed by atoms with E-state index in [1.54, 1.807) is 7.11 Å². The zero-order valence-corrected chi connectivity index (χ0v) is 11.9. The molecule has 0 aromatic heterocycles. The first-order chi connectivity index (χ1) is 8.08. The predicted molar refractivity (Wildman–Crippen MR) is 73.1 cm³/mol. The summed E-state index contributed by atoms with van der Waals surface area (Å²) in [5.41, 5.74) is 0.905. The van der Waals surface area contributed by atoms with E-state index in [4.69, 9.17) is 10.00 Å². The van der Waals surface area contributed by atoms with Crippen LogP contribution < -0.4 is 10.1 Å². The largest absolute Gasteiger partial charge is 0.495 e. The van der Waals surface area contributed by atoms with Gasteiger partial charge in [0.25, 0.3) is 0 Å². The Hall–Kier alpha value is -1.21. The molecule has 0 amide bonds. The summed E-state index contributed by atoms with van der Waals surface area (Å²) in [7, 11) is 1.64. The summed E-state index contributed by atoms with van der Waals surface area (Å²) < 4.78 is 6.25. The van der Waals surface area contributed by atoms with Crippen LogP contribution in [0, 0.1) is 23.2 Å². The van der Waals surface area contributed by atoms with Crippen molar-refractivity contribution in [2.75, 3.05) is 19.0 Å². The molecule has 1 unspecified atom stereocenters. The Kier molecular flexibility index (Phi) is 5.30. The number of hydrogen-bond donors (Lipinski definition) is 1. The molecule has 92 valence electrons. The van der Waals surface area contributed by atoms with Crippen LogP contribution in [0.4, 0.5) is 5.69 Å². The molecule has 3 nitrogen and oxygen atoms in total. The minimum atomic E-state index is -0.00122. The maximum atomic E-state index is 9.03. The van der Waals surface area contributed by atoms with Gasteiger partial charge in [-0.15, -0.1) is 0 Å². The van der Waals surface area contributed by atoms with Crippen LogP contribution in [0.2, 0.25) is 0 Å². The summed E-state index contributed by atoms with van der Waals surface area (Å²) in [6.45, 7) is 4.72. The van der Waals surface area contributed by atoms with Crippen molar-refractivity contribution in [3.05, 3.63) is 22.7 Å². The number of halogens is 1. The minimum absolute atomic E-state index is 0.00122. The molecule has 0 aliphatic carbocycles. The lowest BCUT2D eigenvalue weighted by atomic mass is 9.97. The number of benzene rings is 1. The first kappa shape index (κ1) is 13.9. The average Bonchev–Trinajstić information content (AvgIpc) is 2.29. The van der Waals surface area contributed by atoms with Crippen LogP contribution >= 0.6 is 15.9 Å². The summed E-state index contributed by atoms with van der Waals surface area (Å²) in [4.78, 5) is 0. The van der Waals surface area contributed by atoms with Gasteiger partial charge < -0.3 is 10.1 Å². The van der Waals surface area contributed by atoms with Crippen molar-refractivity contribution in [2.24, 2.45) is 11.8 Å². The molecule has 0 bridgehead atoms. The molecule has 0 saturated heterocycles. The SMILES string of the molecule is COc1ccc(Br)cc1NCC(C#N)C(C)C. The Labute approximate surface area is 111 Å². The molecule has 1 rings (SSSR count). The monoisotopic (exact) mass is 296 g/mol. The molecule has 1 aromatic carbocycles. The Morgan fingerprint density at radius 1 is 1.47 bits per heavy atom. The van der Waals surface area contributed by atoms with E-state index in [0.717, 1.165) is 15.9 Å². The maximum absolute atomic E-state index is 9.03. The molecule has 0 spiro atoms. The van der Waals surface area contributed by atoms with Crippen molar-refractivity contribution in [2.45, 2.75) is 13.8 Å². The highest BCUT2D eigenvalue weighted by Gasteiger charge is 2.13. The molecule has 0 radical (unpaired) electrons. The third kappa shape index (κ3) is 3.94. The van der Waals surface area contributed by atoms with E-state index in [-0.39, 0.29) is 5.92 Å². The third-order valence-corrected chi connectivity index (χ3v) is 3.14. The lowest BCUT2D eigenvalue weighted by Crippen LogP contribution is -2.18. The van der Waals surface area contributed by atoms with Gasteiger partial charge in [0.2, 0.25) is 0 Å². The number of rotatable bonds is 5. The number of hydrogen-bond acceptors (Lipinski definition) is 3. The molecule has 4 heteroatoms. The molecule has 0 heterocycles. The zero-order valence-electron chi connectivity index (χ0n) is 10.3. The van der Waals surface area contributed by atoms with Gasteiger partial charge >= 0.3 is 0 Å². The molecule has 1 atom stereocenters. The van der Waals surface area contributed by atoms with Crippen molar-refractivity contribution >= 4 is 21.6 Å². The van der Waals surface area contributed by atoms with Gasteiger partial charge in [-0.2, -0.15) is 5.26 Å². The third-order valence-electron chi connectivity index (χ3n) is 2.64.